The van der Waals surface area contributed by atoms with Crippen LogP contribution in [0.3, 0.4) is 0 Å². The molecule has 0 saturated heterocycles. The maximum absolute atomic E-state index is 12.4. The van der Waals surface area contributed by atoms with Crippen molar-refractivity contribution < 1.29 is 14.7 Å². The van der Waals surface area contributed by atoms with E-state index in [1.54, 1.807) is 24.3 Å². The summed E-state index contributed by atoms with van der Waals surface area (Å²) in [7, 11) is 0. The Balaban J connectivity index is 1.86. The highest BCUT2D eigenvalue weighted by Gasteiger charge is 2.19. The first-order valence-corrected chi connectivity index (χ1v) is 9.91. The molecule has 2 amide bonds. The van der Waals surface area contributed by atoms with Crippen molar-refractivity contribution >= 4 is 11.8 Å². The van der Waals surface area contributed by atoms with E-state index in [4.69, 9.17) is 0 Å². The van der Waals surface area contributed by atoms with Crippen molar-refractivity contribution in [2.45, 2.75) is 51.9 Å². The number of rotatable bonds is 9. The number of hydrogen-bond donors (Lipinski definition) is 3. The third kappa shape index (κ3) is 6.45. The molecule has 5 nitrogen and oxygen atoms in total. The first-order valence-electron chi connectivity index (χ1n) is 9.91. The zero-order valence-electron chi connectivity index (χ0n) is 15.8. The van der Waals surface area contributed by atoms with Gasteiger partial charge in [0, 0.05) is 30.8 Å². The van der Waals surface area contributed by atoms with Crippen LogP contribution in [0.5, 0.6) is 0 Å². The SMILES string of the molecule is CCCNC(=O)c1cccc(C(=O)NC[C@H](CO)CC2CCCCC2)c1. The minimum atomic E-state index is -0.197. The van der Waals surface area contributed by atoms with Crippen LogP contribution in [0.25, 0.3) is 0 Å². The second-order valence-electron chi connectivity index (χ2n) is 7.34. The minimum Gasteiger partial charge on any atom is -0.396 e. The summed E-state index contributed by atoms with van der Waals surface area (Å²) >= 11 is 0. The molecule has 0 aromatic heterocycles. The smallest absolute Gasteiger partial charge is 0.251 e. The predicted molar refractivity (Wildman–Crippen MR) is 103 cm³/mol. The van der Waals surface area contributed by atoms with Crippen molar-refractivity contribution in [3.8, 4) is 0 Å². The van der Waals surface area contributed by atoms with Crippen LogP contribution >= 0.6 is 0 Å². The van der Waals surface area contributed by atoms with Gasteiger partial charge in [0.1, 0.15) is 0 Å². The number of aliphatic hydroxyl groups is 1. The maximum atomic E-state index is 12.4. The van der Waals surface area contributed by atoms with Crippen LogP contribution in [0, 0.1) is 11.8 Å². The van der Waals surface area contributed by atoms with E-state index in [2.05, 4.69) is 10.6 Å². The Morgan fingerprint density at radius 1 is 1.12 bits per heavy atom. The normalized spacial score (nSPS) is 16.1. The Morgan fingerprint density at radius 2 is 1.77 bits per heavy atom. The number of carbonyl (C=O) groups excluding carboxylic acids is 2. The summed E-state index contributed by atoms with van der Waals surface area (Å²) < 4.78 is 0. The molecule has 5 heteroatoms. The Bertz CT molecular complexity index is 582. The molecule has 0 bridgehead atoms. The average molecular weight is 360 g/mol. The van der Waals surface area contributed by atoms with E-state index >= 15 is 0 Å². The van der Waals surface area contributed by atoms with Gasteiger partial charge in [0.05, 0.1) is 0 Å². The molecule has 1 atom stereocenters. The number of aliphatic hydroxyl groups excluding tert-OH is 1. The standard InChI is InChI=1S/C21H32N2O3/c1-2-11-22-20(25)18-9-6-10-19(13-18)21(26)23-14-17(15-24)12-16-7-4-3-5-8-16/h6,9-10,13,16-17,24H,2-5,7-8,11-12,14-15H2,1H3,(H,22,25)(H,23,26)/t17-/m1/s1. The highest BCUT2D eigenvalue weighted by Crippen LogP contribution is 2.28. The zero-order valence-corrected chi connectivity index (χ0v) is 15.8. The van der Waals surface area contributed by atoms with Crippen LogP contribution in [0.15, 0.2) is 24.3 Å². The monoisotopic (exact) mass is 360 g/mol. The second kappa shape index (κ2) is 11.0. The molecule has 144 valence electrons. The van der Waals surface area contributed by atoms with Crippen LogP contribution in [-0.2, 0) is 0 Å². The topological polar surface area (TPSA) is 78.4 Å². The summed E-state index contributed by atoms with van der Waals surface area (Å²) in [6.07, 6.45) is 8.19. The van der Waals surface area contributed by atoms with Crippen molar-refractivity contribution in [1.82, 2.24) is 10.6 Å². The highest BCUT2D eigenvalue weighted by molar-refractivity contribution is 5.99. The molecule has 1 aromatic carbocycles. The minimum absolute atomic E-state index is 0.0935. The fraction of sp³-hybridized carbons (Fsp3) is 0.619. The first kappa shape index (κ1) is 20.4. The molecule has 0 spiro atoms. The molecular formula is C21H32N2O3. The summed E-state index contributed by atoms with van der Waals surface area (Å²) in [5, 5.41) is 15.4. The molecule has 3 N–H and O–H groups in total. The summed E-state index contributed by atoms with van der Waals surface area (Å²) in [5.74, 6) is 0.408. The van der Waals surface area contributed by atoms with Gasteiger partial charge < -0.3 is 15.7 Å². The third-order valence-corrected chi connectivity index (χ3v) is 5.12. The third-order valence-electron chi connectivity index (χ3n) is 5.12. The zero-order chi connectivity index (χ0) is 18.8. The largest absolute Gasteiger partial charge is 0.396 e. The van der Waals surface area contributed by atoms with E-state index in [0.29, 0.717) is 30.1 Å². The lowest BCUT2D eigenvalue weighted by Crippen LogP contribution is -2.32. The van der Waals surface area contributed by atoms with Gasteiger partial charge in [0.25, 0.3) is 11.8 Å². The van der Waals surface area contributed by atoms with Crippen molar-refractivity contribution in [2.24, 2.45) is 11.8 Å². The number of nitrogens with one attached hydrogen (secondary N) is 2. The van der Waals surface area contributed by atoms with Gasteiger partial charge in [-0.2, -0.15) is 0 Å². The molecule has 1 fully saturated rings. The lowest BCUT2D eigenvalue weighted by Gasteiger charge is -2.25. The second-order valence-corrected chi connectivity index (χ2v) is 7.34. The average Bonchev–Trinajstić information content (AvgIpc) is 2.69. The van der Waals surface area contributed by atoms with Crippen molar-refractivity contribution in [2.75, 3.05) is 19.7 Å². The van der Waals surface area contributed by atoms with Gasteiger partial charge in [0.2, 0.25) is 0 Å². The van der Waals surface area contributed by atoms with E-state index in [1.807, 2.05) is 6.92 Å². The molecule has 1 aliphatic carbocycles. The first-order chi connectivity index (χ1) is 12.6. The Hall–Kier alpha value is -1.88. The molecule has 26 heavy (non-hydrogen) atoms. The van der Waals surface area contributed by atoms with Crippen LogP contribution in [0.1, 0.15) is 72.6 Å². The van der Waals surface area contributed by atoms with E-state index in [0.717, 1.165) is 12.8 Å². The molecule has 1 aromatic rings. The van der Waals surface area contributed by atoms with Crippen LogP contribution in [-0.4, -0.2) is 36.6 Å². The van der Waals surface area contributed by atoms with E-state index < -0.39 is 0 Å². The van der Waals surface area contributed by atoms with Crippen molar-refractivity contribution in [1.29, 1.82) is 0 Å². The van der Waals surface area contributed by atoms with E-state index in [1.165, 1.54) is 32.1 Å². The van der Waals surface area contributed by atoms with E-state index in [-0.39, 0.29) is 24.3 Å². The summed E-state index contributed by atoms with van der Waals surface area (Å²) in [6, 6.07) is 6.76. The van der Waals surface area contributed by atoms with Gasteiger partial charge in [-0.1, -0.05) is 45.1 Å². The molecule has 0 aliphatic heterocycles. The number of hydrogen-bond acceptors (Lipinski definition) is 3. The summed E-state index contributed by atoms with van der Waals surface area (Å²) in [6.45, 7) is 3.18. The Kier molecular flexibility index (Phi) is 8.62. The number of carbonyl (C=O) groups is 2. The quantitative estimate of drug-likeness (QED) is 0.633. The molecule has 0 radical (unpaired) electrons. The van der Waals surface area contributed by atoms with Crippen LogP contribution in [0.4, 0.5) is 0 Å². The van der Waals surface area contributed by atoms with Gasteiger partial charge in [0.15, 0.2) is 0 Å². The Labute approximate surface area is 156 Å². The van der Waals surface area contributed by atoms with Gasteiger partial charge in [-0.15, -0.1) is 0 Å². The van der Waals surface area contributed by atoms with Crippen LogP contribution < -0.4 is 10.6 Å². The molecule has 0 unspecified atom stereocenters. The molecule has 1 saturated carbocycles. The molecular weight excluding hydrogens is 328 g/mol. The van der Waals surface area contributed by atoms with Gasteiger partial charge in [-0.25, -0.2) is 0 Å². The lowest BCUT2D eigenvalue weighted by molar-refractivity contribution is 0.0933. The van der Waals surface area contributed by atoms with Crippen molar-refractivity contribution in [3.63, 3.8) is 0 Å². The fourth-order valence-corrected chi connectivity index (χ4v) is 3.60. The van der Waals surface area contributed by atoms with Gasteiger partial charge >= 0.3 is 0 Å². The lowest BCUT2D eigenvalue weighted by atomic mass is 9.83. The maximum Gasteiger partial charge on any atom is 0.251 e. The summed E-state index contributed by atoms with van der Waals surface area (Å²) in [4.78, 5) is 24.5. The highest BCUT2D eigenvalue weighted by atomic mass is 16.3. The molecule has 1 aliphatic rings. The van der Waals surface area contributed by atoms with E-state index in [9.17, 15) is 14.7 Å². The molecule has 0 heterocycles. The number of amides is 2. The predicted octanol–water partition coefficient (Wildman–Crippen LogP) is 3.14. The van der Waals surface area contributed by atoms with Gasteiger partial charge in [-0.3, -0.25) is 9.59 Å². The Morgan fingerprint density at radius 3 is 2.38 bits per heavy atom. The number of benzene rings is 1. The van der Waals surface area contributed by atoms with Crippen molar-refractivity contribution in [3.05, 3.63) is 35.4 Å². The summed E-state index contributed by atoms with van der Waals surface area (Å²) in [5.41, 5.74) is 0.968. The fourth-order valence-electron chi connectivity index (χ4n) is 3.60. The van der Waals surface area contributed by atoms with Gasteiger partial charge in [-0.05, 0) is 42.9 Å². The molecule has 2 rings (SSSR count). The van der Waals surface area contributed by atoms with Crippen LogP contribution in [0.2, 0.25) is 0 Å².